The third-order valence-corrected chi connectivity index (χ3v) is 3.20. The van der Waals surface area contributed by atoms with Gasteiger partial charge in [-0.1, -0.05) is 24.3 Å². The van der Waals surface area contributed by atoms with Crippen LogP contribution in [-0.2, 0) is 0 Å². The Morgan fingerprint density at radius 3 is 2.47 bits per heavy atom. The van der Waals surface area contributed by atoms with Gasteiger partial charge in [-0.05, 0) is 30.5 Å². The number of hydrogen-bond donors (Lipinski definition) is 2. The molecular formula is C14H20N2O. The standard InChI is InChI=1S/C14H20N2O/c1-17-13-8-6-11(7-9-13)14(10-15)16-12-4-2-3-5-12/h2-3,6-9,12,14,16H,4-5,10,15H2,1H3. The van der Waals surface area contributed by atoms with Crippen LogP contribution in [0.2, 0.25) is 0 Å². The molecule has 92 valence electrons. The van der Waals surface area contributed by atoms with E-state index in [0.29, 0.717) is 12.6 Å². The average molecular weight is 232 g/mol. The van der Waals surface area contributed by atoms with E-state index in [0.717, 1.165) is 18.6 Å². The van der Waals surface area contributed by atoms with Gasteiger partial charge in [-0.3, -0.25) is 0 Å². The Balaban J connectivity index is 2.00. The first-order chi connectivity index (χ1) is 8.33. The highest BCUT2D eigenvalue weighted by atomic mass is 16.5. The second-order valence-electron chi connectivity index (χ2n) is 4.37. The number of hydrogen-bond acceptors (Lipinski definition) is 3. The van der Waals surface area contributed by atoms with Gasteiger partial charge in [0.1, 0.15) is 5.75 Å². The van der Waals surface area contributed by atoms with Crippen LogP contribution in [-0.4, -0.2) is 19.7 Å². The molecule has 3 N–H and O–H groups in total. The summed E-state index contributed by atoms with van der Waals surface area (Å²) in [6, 6.07) is 8.87. The first-order valence-corrected chi connectivity index (χ1v) is 6.08. The number of nitrogens with two attached hydrogens (primary N) is 1. The van der Waals surface area contributed by atoms with Crippen LogP contribution in [0.25, 0.3) is 0 Å². The maximum atomic E-state index is 5.84. The van der Waals surface area contributed by atoms with Gasteiger partial charge >= 0.3 is 0 Å². The Labute approximate surface area is 103 Å². The van der Waals surface area contributed by atoms with Gasteiger partial charge in [-0.2, -0.15) is 0 Å². The normalized spacial score (nSPS) is 17.3. The zero-order chi connectivity index (χ0) is 12.1. The second kappa shape index (κ2) is 5.84. The molecule has 2 rings (SSSR count). The molecule has 1 aromatic carbocycles. The lowest BCUT2D eigenvalue weighted by Crippen LogP contribution is -2.35. The Morgan fingerprint density at radius 1 is 1.29 bits per heavy atom. The minimum absolute atomic E-state index is 0.228. The van der Waals surface area contributed by atoms with Crippen molar-refractivity contribution in [1.82, 2.24) is 5.32 Å². The lowest BCUT2D eigenvalue weighted by Gasteiger charge is -2.22. The summed E-state index contributed by atoms with van der Waals surface area (Å²) in [7, 11) is 1.68. The van der Waals surface area contributed by atoms with E-state index in [9.17, 15) is 0 Å². The molecule has 0 aliphatic heterocycles. The largest absolute Gasteiger partial charge is 0.497 e. The zero-order valence-electron chi connectivity index (χ0n) is 10.2. The summed E-state index contributed by atoms with van der Waals surface area (Å²) in [5.41, 5.74) is 7.06. The fraction of sp³-hybridized carbons (Fsp3) is 0.429. The molecule has 0 radical (unpaired) electrons. The number of nitrogens with one attached hydrogen (secondary N) is 1. The predicted octanol–water partition coefficient (Wildman–Crippen LogP) is 2.00. The van der Waals surface area contributed by atoms with E-state index in [1.54, 1.807) is 7.11 Å². The molecule has 0 fully saturated rings. The summed E-state index contributed by atoms with van der Waals surface area (Å²) in [6.45, 7) is 0.614. The van der Waals surface area contributed by atoms with E-state index in [2.05, 4.69) is 29.6 Å². The first kappa shape index (κ1) is 12.1. The van der Waals surface area contributed by atoms with Crippen molar-refractivity contribution in [1.29, 1.82) is 0 Å². The van der Waals surface area contributed by atoms with Crippen molar-refractivity contribution >= 4 is 0 Å². The molecule has 1 aromatic rings. The van der Waals surface area contributed by atoms with E-state index in [-0.39, 0.29) is 6.04 Å². The van der Waals surface area contributed by atoms with Gasteiger partial charge in [0.25, 0.3) is 0 Å². The number of ether oxygens (including phenoxy) is 1. The molecule has 1 atom stereocenters. The van der Waals surface area contributed by atoms with Gasteiger partial charge in [0, 0.05) is 18.6 Å². The number of benzene rings is 1. The SMILES string of the molecule is COc1ccc(C(CN)NC2CC=CC2)cc1. The predicted molar refractivity (Wildman–Crippen MR) is 70.1 cm³/mol. The molecule has 1 aliphatic rings. The molecule has 0 amide bonds. The topological polar surface area (TPSA) is 47.3 Å². The fourth-order valence-electron chi connectivity index (χ4n) is 2.17. The zero-order valence-corrected chi connectivity index (χ0v) is 10.2. The van der Waals surface area contributed by atoms with Crippen LogP contribution >= 0.6 is 0 Å². The third-order valence-electron chi connectivity index (χ3n) is 3.20. The molecule has 3 nitrogen and oxygen atoms in total. The highest BCUT2D eigenvalue weighted by molar-refractivity contribution is 5.29. The minimum atomic E-state index is 0.228. The van der Waals surface area contributed by atoms with E-state index in [4.69, 9.17) is 10.5 Å². The van der Waals surface area contributed by atoms with Gasteiger partial charge in [0.05, 0.1) is 7.11 Å². The summed E-state index contributed by atoms with van der Waals surface area (Å²) in [4.78, 5) is 0. The smallest absolute Gasteiger partial charge is 0.118 e. The van der Waals surface area contributed by atoms with Crippen molar-refractivity contribution in [3.05, 3.63) is 42.0 Å². The Morgan fingerprint density at radius 2 is 1.94 bits per heavy atom. The first-order valence-electron chi connectivity index (χ1n) is 6.08. The molecule has 3 heteroatoms. The summed E-state index contributed by atoms with van der Waals surface area (Å²) >= 11 is 0. The Kier molecular flexibility index (Phi) is 4.18. The van der Waals surface area contributed by atoms with Gasteiger partial charge in [-0.25, -0.2) is 0 Å². The lowest BCUT2D eigenvalue weighted by molar-refractivity contribution is 0.413. The maximum absolute atomic E-state index is 5.84. The van der Waals surface area contributed by atoms with Crippen LogP contribution in [0, 0.1) is 0 Å². The summed E-state index contributed by atoms with van der Waals surface area (Å²) in [5.74, 6) is 0.882. The molecule has 0 saturated heterocycles. The fourth-order valence-corrected chi connectivity index (χ4v) is 2.17. The van der Waals surface area contributed by atoms with Gasteiger partial charge in [0.15, 0.2) is 0 Å². The molecule has 0 spiro atoms. The lowest BCUT2D eigenvalue weighted by atomic mass is 10.1. The van der Waals surface area contributed by atoms with Crippen LogP contribution in [0.1, 0.15) is 24.4 Å². The monoisotopic (exact) mass is 232 g/mol. The van der Waals surface area contributed by atoms with E-state index in [1.165, 1.54) is 5.56 Å². The molecule has 0 heterocycles. The van der Waals surface area contributed by atoms with Crippen molar-refractivity contribution in [3.8, 4) is 5.75 Å². The summed E-state index contributed by atoms with van der Waals surface area (Å²) < 4.78 is 5.15. The van der Waals surface area contributed by atoms with Crippen molar-refractivity contribution < 1.29 is 4.74 Å². The van der Waals surface area contributed by atoms with Crippen molar-refractivity contribution in [3.63, 3.8) is 0 Å². The van der Waals surface area contributed by atoms with Gasteiger partial charge < -0.3 is 15.8 Å². The molecular weight excluding hydrogens is 212 g/mol. The van der Waals surface area contributed by atoms with Crippen LogP contribution in [0.15, 0.2) is 36.4 Å². The van der Waals surface area contributed by atoms with Gasteiger partial charge in [0.2, 0.25) is 0 Å². The van der Waals surface area contributed by atoms with Crippen LogP contribution in [0.5, 0.6) is 5.75 Å². The third kappa shape index (κ3) is 3.08. The molecule has 1 unspecified atom stereocenters. The average Bonchev–Trinajstić information content (AvgIpc) is 2.89. The molecule has 0 saturated carbocycles. The highest BCUT2D eigenvalue weighted by Crippen LogP contribution is 2.20. The summed E-state index contributed by atoms with van der Waals surface area (Å²) in [6.07, 6.45) is 6.65. The molecule has 0 bridgehead atoms. The molecule has 1 aliphatic carbocycles. The quantitative estimate of drug-likeness (QED) is 0.763. The summed E-state index contributed by atoms with van der Waals surface area (Å²) in [5, 5.41) is 3.59. The Bertz CT molecular complexity index is 364. The second-order valence-corrected chi connectivity index (χ2v) is 4.37. The highest BCUT2D eigenvalue weighted by Gasteiger charge is 2.16. The van der Waals surface area contributed by atoms with Crippen LogP contribution in [0.4, 0.5) is 0 Å². The van der Waals surface area contributed by atoms with E-state index >= 15 is 0 Å². The van der Waals surface area contributed by atoms with Gasteiger partial charge in [-0.15, -0.1) is 0 Å². The van der Waals surface area contributed by atoms with E-state index in [1.807, 2.05) is 12.1 Å². The van der Waals surface area contributed by atoms with Crippen molar-refractivity contribution in [2.45, 2.75) is 24.9 Å². The minimum Gasteiger partial charge on any atom is -0.497 e. The maximum Gasteiger partial charge on any atom is 0.118 e. The van der Waals surface area contributed by atoms with Crippen molar-refractivity contribution in [2.24, 2.45) is 5.73 Å². The number of rotatable bonds is 5. The Hall–Kier alpha value is -1.32. The van der Waals surface area contributed by atoms with Crippen LogP contribution < -0.4 is 15.8 Å². The molecule has 0 aromatic heterocycles. The van der Waals surface area contributed by atoms with Crippen molar-refractivity contribution in [2.75, 3.05) is 13.7 Å². The van der Waals surface area contributed by atoms with E-state index < -0.39 is 0 Å². The van der Waals surface area contributed by atoms with Crippen LogP contribution in [0.3, 0.4) is 0 Å². The number of methoxy groups -OCH3 is 1. The molecule has 17 heavy (non-hydrogen) atoms.